The molecule has 3 heteroatoms. The quantitative estimate of drug-likeness (QED) is 0.785. The molecule has 0 aliphatic heterocycles. The Morgan fingerprint density at radius 1 is 1.29 bits per heavy atom. The molecule has 2 rings (SSSR count). The lowest BCUT2D eigenvalue weighted by molar-refractivity contribution is -0.0695. The van der Waals surface area contributed by atoms with Gasteiger partial charge in [0.15, 0.2) is 0 Å². The first-order chi connectivity index (χ1) is 8.28. The first-order valence-electron chi connectivity index (χ1n) is 6.17. The van der Waals surface area contributed by atoms with Crippen molar-refractivity contribution >= 4 is 11.8 Å². The fourth-order valence-electron chi connectivity index (χ4n) is 2.20. The molecule has 0 saturated heterocycles. The molecule has 0 bridgehead atoms. The van der Waals surface area contributed by atoms with E-state index in [4.69, 9.17) is 4.74 Å². The van der Waals surface area contributed by atoms with Gasteiger partial charge in [0, 0.05) is 25.1 Å². The van der Waals surface area contributed by atoms with Crippen LogP contribution in [0.15, 0.2) is 29.2 Å². The van der Waals surface area contributed by atoms with Crippen LogP contribution in [0.5, 0.6) is 0 Å². The minimum absolute atomic E-state index is 0.124. The number of hydrogen-bond acceptors (Lipinski definition) is 3. The smallest absolute Gasteiger partial charge is 0.0802 e. The number of benzene rings is 1. The first kappa shape index (κ1) is 12.9. The second-order valence-corrected chi connectivity index (χ2v) is 5.57. The highest BCUT2D eigenvalue weighted by atomic mass is 32.2. The van der Waals surface area contributed by atoms with Crippen molar-refractivity contribution in [3.8, 4) is 0 Å². The maximum atomic E-state index is 5.58. The summed E-state index contributed by atoms with van der Waals surface area (Å²) in [4.78, 5) is 1.32. The second-order valence-electron chi connectivity index (χ2n) is 4.69. The molecule has 1 N–H and O–H groups in total. The highest BCUT2D eigenvalue weighted by molar-refractivity contribution is 7.98. The Bertz CT molecular complexity index is 340. The lowest BCUT2D eigenvalue weighted by atomic mass is 9.80. The lowest BCUT2D eigenvalue weighted by Gasteiger charge is -2.40. The summed E-state index contributed by atoms with van der Waals surface area (Å²) in [5, 5.41) is 3.50. The van der Waals surface area contributed by atoms with Crippen LogP contribution in [0.4, 0.5) is 0 Å². The van der Waals surface area contributed by atoms with Crippen molar-refractivity contribution in [2.45, 2.75) is 36.3 Å². The van der Waals surface area contributed by atoms with Crippen molar-refractivity contribution in [3.05, 3.63) is 29.8 Å². The number of thioether (sulfide) groups is 1. The summed E-state index contributed by atoms with van der Waals surface area (Å²) in [5.41, 5.74) is 1.47. The molecule has 1 aliphatic carbocycles. The van der Waals surface area contributed by atoms with Crippen molar-refractivity contribution in [2.24, 2.45) is 0 Å². The number of nitrogens with one attached hydrogen (secondary N) is 1. The summed E-state index contributed by atoms with van der Waals surface area (Å²) < 4.78 is 5.58. The zero-order chi connectivity index (χ0) is 12.1. The third-order valence-electron chi connectivity index (χ3n) is 3.63. The van der Waals surface area contributed by atoms with E-state index in [1.807, 2.05) is 7.11 Å². The normalized spacial score (nSPS) is 17.8. The molecule has 0 atom stereocenters. The molecule has 0 heterocycles. The van der Waals surface area contributed by atoms with E-state index in [0.717, 1.165) is 13.1 Å². The molecule has 0 radical (unpaired) electrons. The Labute approximate surface area is 108 Å². The van der Waals surface area contributed by atoms with E-state index in [1.165, 1.54) is 29.7 Å². The van der Waals surface area contributed by atoms with Gasteiger partial charge in [-0.15, -0.1) is 11.8 Å². The minimum atomic E-state index is 0.124. The largest absolute Gasteiger partial charge is 0.377 e. The molecule has 17 heavy (non-hydrogen) atoms. The standard InChI is InChI=1S/C14H21NOS/c1-16-14(8-3-9-14)11-15-10-12-4-6-13(17-2)7-5-12/h4-7,15H,3,8-11H2,1-2H3. The van der Waals surface area contributed by atoms with E-state index in [2.05, 4.69) is 35.8 Å². The Balaban J connectivity index is 1.77. The van der Waals surface area contributed by atoms with Crippen molar-refractivity contribution in [2.75, 3.05) is 19.9 Å². The first-order valence-corrected chi connectivity index (χ1v) is 7.39. The fourth-order valence-corrected chi connectivity index (χ4v) is 2.61. The predicted molar refractivity (Wildman–Crippen MR) is 73.5 cm³/mol. The fraction of sp³-hybridized carbons (Fsp3) is 0.571. The Morgan fingerprint density at radius 3 is 2.47 bits per heavy atom. The van der Waals surface area contributed by atoms with Crippen LogP contribution in [0.1, 0.15) is 24.8 Å². The van der Waals surface area contributed by atoms with Crippen molar-refractivity contribution in [1.29, 1.82) is 0 Å². The molecule has 1 aromatic rings. The second kappa shape index (κ2) is 5.89. The molecule has 1 saturated carbocycles. The summed E-state index contributed by atoms with van der Waals surface area (Å²) in [5.74, 6) is 0. The van der Waals surface area contributed by atoms with Crippen LogP contribution in [0.2, 0.25) is 0 Å². The van der Waals surface area contributed by atoms with Gasteiger partial charge >= 0.3 is 0 Å². The third kappa shape index (κ3) is 3.24. The predicted octanol–water partition coefficient (Wildman–Crippen LogP) is 3.07. The van der Waals surface area contributed by atoms with Crippen molar-refractivity contribution in [1.82, 2.24) is 5.32 Å². The van der Waals surface area contributed by atoms with E-state index in [9.17, 15) is 0 Å². The van der Waals surface area contributed by atoms with Crippen LogP contribution in [-0.2, 0) is 11.3 Å². The highest BCUT2D eigenvalue weighted by Crippen LogP contribution is 2.34. The number of hydrogen-bond donors (Lipinski definition) is 1. The van der Waals surface area contributed by atoms with Crippen LogP contribution in [0.25, 0.3) is 0 Å². The molecule has 94 valence electrons. The minimum Gasteiger partial charge on any atom is -0.377 e. The SMILES string of the molecule is COC1(CNCc2ccc(SC)cc2)CCC1. The number of ether oxygens (including phenoxy) is 1. The van der Waals surface area contributed by atoms with Gasteiger partial charge in [0.05, 0.1) is 5.60 Å². The maximum absolute atomic E-state index is 5.58. The summed E-state index contributed by atoms with van der Waals surface area (Å²) >= 11 is 1.78. The van der Waals surface area contributed by atoms with Crippen LogP contribution >= 0.6 is 11.8 Å². The summed E-state index contributed by atoms with van der Waals surface area (Å²) in [6.45, 7) is 1.90. The van der Waals surface area contributed by atoms with Gasteiger partial charge in [0.25, 0.3) is 0 Å². The Kier molecular flexibility index (Phi) is 4.48. The topological polar surface area (TPSA) is 21.3 Å². The molecule has 1 fully saturated rings. The molecule has 0 spiro atoms. The molecular weight excluding hydrogens is 230 g/mol. The maximum Gasteiger partial charge on any atom is 0.0802 e. The zero-order valence-corrected chi connectivity index (χ0v) is 11.5. The van der Waals surface area contributed by atoms with Crippen LogP contribution in [0.3, 0.4) is 0 Å². The van der Waals surface area contributed by atoms with Gasteiger partial charge in [-0.2, -0.15) is 0 Å². The van der Waals surface area contributed by atoms with E-state index in [-0.39, 0.29) is 5.60 Å². The Hall–Kier alpha value is -0.510. The number of methoxy groups -OCH3 is 1. The molecule has 1 aliphatic rings. The summed E-state index contributed by atoms with van der Waals surface area (Å²) in [6, 6.07) is 8.74. The average molecular weight is 251 g/mol. The molecule has 0 amide bonds. The average Bonchev–Trinajstić information content (AvgIpc) is 2.33. The van der Waals surface area contributed by atoms with Gasteiger partial charge in [-0.3, -0.25) is 0 Å². The zero-order valence-electron chi connectivity index (χ0n) is 10.7. The van der Waals surface area contributed by atoms with Crippen LogP contribution < -0.4 is 5.32 Å². The third-order valence-corrected chi connectivity index (χ3v) is 4.38. The van der Waals surface area contributed by atoms with E-state index >= 15 is 0 Å². The van der Waals surface area contributed by atoms with Crippen LogP contribution in [-0.4, -0.2) is 25.5 Å². The van der Waals surface area contributed by atoms with E-state index in [0.29, 0.717) is 0 Å². The molecule has 0 aromatic heterocycles. The number of rotatable bonds is 6. The van der Waals surface area contributed by atoms with Gasteiger partial charge in [-0.05, 0) is 43.2 Å². The summed E-state index contributed by atoms with van der Waals surface area (Å²) in [6.07, 6.45) is 5.80. The van der Waals surface area contributed by atoms with Gasteiger partial charge in [0.1, 0.15) is 0 Å². The van der Waals surface area contributed by atoms with Gasteiger partial charge in [-0.25, -0.2) is 0 Å². The lowest BCUT2D eigenvalue weighted by Crippen LogP contribution is -2.47. The van der Waals surface area contributed by atoms with Gasteiger partial charge in [-0.1, -0.05) is 12.1 Å². The van der Waals surface area contributed by atoms with Crippen molar-refractivity contribution in [3.63, 3.8) is 0 Å². The van der Waals surface area contributed by atoms with Gasteiger partial charge in [0.2, 0.25) is 0 Å². The van der Waals surface area contributed by atoms with E-state index < -0.39 is 0 Å². The molecule has 0 unspecified atom stereocenters. The van der Waals surface area contributed by atoms with E-state index in [1.54, 1.807) is 11.8 Å². The monoisotopic (exact) mass is 251 g/mol. The van der Waals surface area contributed by atoms with Crippen LogP contribution in [0, 0.1) is 0 Å². The molecular formula is C14H21NOS. The van der Waals surface area contributed by atoms with Gasteiger partial charge < -0.3 is 10.1 Å². The van der Waals surface area contributed by atoms with Crippen molar-refractivity contribution < 1.29 is 4.74 Å². The Morgan fingerprint density at radius 2 is 2.00 bits per heavy atom. The summed E-state index contributed by atoms with van der Waals surface area (Å²) in [7, 11) is 1.83. The highest BCUT2D eigenvalue weighted by Gasteiger charge is 2.36. The molecule has 1 aromatic carbocycles. The molecule has 2 nitrogen and oxygen atoms in total.